The van der Waals surface area contributed by atoms with E-state index in [1.807, 2.05) is 6.07 Å². The topological polar surface area (TPSA) is 66.4 Å². The van der Waals surface area contributed by atoms with Crippen molar-refractivity contribution in [3.05, 3.63) is 35.9 Å². The Kier molecular flexibility index (Phi) is 3.68. The number of carboxylic acids is 1. The highest BCUT2D eigenvalue weighted by Gasteiger charge is 2.31. The average molecular weight is 251 g/mol. The predicted molar refractivity (Wildman–Crippen MR) is 66.2 cm³/mol. The number of carboxylic acid groups (broad SMARTS) is 1. The molecule has 1 aliphatic rings. The van der Waals surface area contributed by atoms with Gasteiger partial charge in [0.25, 0.3) is 5.91 Å². The van der Waals surface area contributed by atoms with Gasteiger partial charge in [-0.25, -0.2) is 0 Å². The molecule has 0 saturated carbocycles. The van der Waals surface area contributed by atoms with E-state index in [4.69, 9.17) is 5.11 Å². The van der Waals surface area contributed by atoms with Gasteiger partial charge in [-0.3, -0.25) is 9.59 Å². The smallest absolute Gasteiger partial charge is 0.316 e. The van der Waals surface area contributed by atoms with Gasteiger partial charge in [-0.05, 0) is 18.6 Å². The number of rotatable bonds is 3. The van der Waals surface area contributed by atoms with E-state index < -0.39 is 11.2 Å². The van der Waals surface area contributed by atoms with Crippen molar-refractivity contribution in [2.75, 3.05) is 5.75 Å². The van der Waals surface area contributed by atoms with Gasteiger partial charge in [0.05, 0.1) is 0 Å². The molecule has 2 unspecified atom stereocenters. The Hall–Kier alpha value is -1.49. The minimum atomic E-state index is -0.800. The second-order valence-corrected chi connectivity index (χ2v) is 5.17. The molecule has 17 heavy (non-hydrogen) atoms. The summed E-state index contributed by atoms with van der Waals surface area (Å²) in [5.41, 5.74) is 0.608. The molecule has 90 valence electrons. The molecule has 1 heterocycles. The fourth-order valence-electron chi connectivity index (χ4n) is 1.76. The summed E-state index contributed by atoms with van der Waals surface area (Å²) in [4.78, 5) is 22.6. The Morgan fingerprint density at radius 2 is 2.00 bits per heavy atom. The first kappa shape index (κ1) is 12.0. The van der Waals surface area contributed by atoms with E-state index in [1.54, 1.807) is 24.3 Å². The lowest BCUT2D eigenvalue weighted by Gasteiger charge is -2.11. The molecule has 2 atom stereocenters. The SMILES string of the molecule is O=C(NC1CSC(C(=O)O)C1)c1ccccc1. The second-order valence-electron chi connectivity index (χ2n) is 3.93. The lowest BCUT2D eigenvalue weighted by atomic mass is 10.1. The van der Waals surface area contributed by atoms with E-state index >= 15 is 0 Å². The fourth-order valence-corrected chi connectivity index (χ4v) is 2.95. The van der Waals surface area contributed by atoms with Crippen LogP contribution in [-0.4, -0.2) is 34.0 Å². The van der Waals surface area contributed by atoms with Gasteiger partial charge in [-0.15, -0.1) is 11.8 Å². The van der Waals surface area contributed by atoms with Gasteiger partial charge in [-0.1, -0.05) is 18.2 Å². The third-order valence-corrected chi connectivity index (χ3v) is 4.04. The molecule has 1 saturated heterocycles. The van der Waals surface area contributed by atoms with Crippen LogP contribution in [0.1, 0.15) is 16.8 Å². The Bertz CT molecular complexity index is 421. The summed E-state index contributed by atoms with van der Waals surface area (Å²) in [6, 6.07) is 8.89. The highest BCUT2D eigenvalue weighted by atomic mass is 32.2. The van der Waals surface area contributed by atoms with Gasteiger partial charge in [0.2, 0.25) is 0 Å². The molecule has 1 amide bonds. The maximum absolute atomic E-state index is 11.8. The molecule has 1 aromatic rings. The molecule has 1 fully saturated rings. The molecule has 2 rings (SSSR count). The Morgan fingerprint density at radius 1 is 1.29 bits per heavy atom. The number of thioether (sulfide) groups is 1. The van der Waals surface area contributed by atoms with Crippen LogP contribution >= 0.6 is 11.8 Å². The minimum Gasteiger partial charge on any atom is -0.480 e. The van der Waals surface area contributed by atoms with Crippen molar-refractivity contribution in [3.8, 4) is 0 Å². The zero-order chi connectivity index (χ0) is 12.3. The number of nitrogens with one attached hydrogen (secondary N) is 1. The number of amides is 1. The van der Waals surface area contributed by atoms with Crippen molar-refractivity contribution in [3.63, 3.8) is 0 Å². The number of hydrogen-bond acceptors (Lipinski definition) is 3. The number of carbonyl (C=O) groups is 2. The molecular formula is C12H13NO3S. The molecule has 0 aromatic heterocycles. The van der Waals surface area contributed by atoms with Gasteiger partial charge in [0, 0.05) is 17.4 Å². The van der Waals surface area contributed by atoms with Crippen LogP contribution in [0, 0.1) is 0 Å². The van der Waals surface area contributed by atoms with Gasteiger partial charge >= 0.3 is 5.97 Å². The van der Waals surface area contributed by atoms with Gasteiger partial charge in [0.1, 0.15) is 5.25 Å². The number of hydrogen-bond donors (Lipinski definition) is 2. The molecule has 2 N–H and O–H groups in total. The third kappa shape index (κ3) is 3.00. The quantitative estimate of drug-likeness (QED) is 0.851. The average Bonchev–Trinajstić information content (AvgIpc) is 2.79. The number of carbonyl (C=O) groups excluding carboxylic acids is 1. The zero-order valence-electron chi connectivity index (χ0n) is 9.13. The van der Waals surface area contributed by atoms with Crippen LogP contribution in [0.3, 0.4) is 0 Å². The first-order chi connectivity index (χ1) is 8.16. The summed E-state index contributed by atoms with van der Waals surface area (Å²) in [5.74, 6) is -0.274. The lowest BCUT2D eigenvalue weighted by Crippen LogP contribution is -2.35. The minimum absolute atomic E-state index is 0.0474. The molecule has 0 bridgehead atoms. The highest BCUT2D eigenvalue weighted by molar-refractivity contribution is 8.00. The molecular weight excluding hydrogens is 238 g/mol. The third-order valence-electron chi connectivity index (χ3n) is 2.64. The van der Waals surface area contributed by atoms with Crippen LogP contribution in [0.4, 0.5) is 0 Å². The molecule has 0 aliphatic carbocycles. The van der Waals surface area contributed by atoms with E-state index in [2.05, 4.69) is 5.32 Å². The van der Waals surface area contributed by atoms with Crippen molar-refractivity contribution in [2.24, 2.45) is 0 Å². The fraction of sp³-hybridized carbons (Fsp3) is 0.333. The van der Waals surface area contributed by atoms with E-state index in [0.29, 0.717) is 17.7 Å². The first-order valence-corrected chi connectivity index (χ1v) is 6.42. The molecule has 0 radical (unpaired) electrons. The zero-order valence-corrected chi connectivity index (χ0v) is 9.94. The van der Waals surface area contributed by atoms with Crippen LogP contribution in [0.25, 0.3) is 0 Å². The molecule has 1 aromatic carbocycles. The molecule has 5 heteroatoms. The van der Waals surface area contributed by atoms with E-state index in [-0.39, 0.29) is 11.9 Å². The normalized spacial score (nSPS) is 23.3. The van der Waals surface area contributed by atoms with Crippen molar-refractivity contribution >= 4 is 23.6 Å². The van der Waals surface area contributed by atoms with E-state index in [9.17, 15) is 9.59 Å². The standard InChI is InChI=1S/C12H13NO3S/c14-11(8-4-2-1-3-5-8)13-9-6-10(12(15)16)17-7-9/h1-5,9-10H,6-7H2,(H,13,14)(H,15,16). The number of aliphatic carboxylic acids is 1. The van der Waals surface area contributed by atoms with Crippen LogP contribution < -0.4 is 5.32 Å². The number of benzene rings is 1. The molecule has 4 nitrogen and oxygen atoms in total. The molecule has 1 aliphatic heterocycles. The highest BCUT2D eigenvalue weighted by Crippen LogP contribution is 2.26. The summed E-state index contributed by atoms with van der Waals surface area (Å²) in [6.07, 6.45) is 0.499. The monoisotopic (exact) mass is 251 g/mol. The van der Waals surface area contributed by atoms with Crippen molar-refractivity contribution in [1.29, 1.82) is 0 Å². The van der Waals surface area contributed by atoms with Crippen LogP contribution in [0.2, 0.25) is 0 Å². The van der Waals surface area contributed by atoms with Crippen molar-refractivity contribution < 1.29 is 14.7 Å². The maximum Gasteiger partial charge on any atom is 0.316 e. The first-order valence-electron chi connectivity index (χ1n) is 5.37. The van der Waals surface area contributed by atoms with Gasteiger partial charge < -0.3 is 10.4 Å². The Labute approximate surface area is 103 Å². The summed E-state index contributed by atoms with van der Waals surface area (Å²) < 4.78 is 0. The van der Waals surface area contributed by atoms with Crippen LogP contribution in [0.5, 0.6) is 0 Å². The predicted octanol–water partition coefficient (Wildman–Crippen LogP) is 1.38. The van der Waals surface area contributed by atoms with Crippen molar-refractivity contribution in [2.45, 2.75) is 17.7 Å². The van der Waals surface area contributed by atoms with Crippen LogP contribution in [0.15, 0.2) is 30.3 Å². The maximum atomic E-state index is 11.8. The summed E-state index contributed by atoms with van der Waals surface area (Å²) >= 11 is 1.38. The molecule has 0 spiro atoms. The Morgan fingerprint density at radius 3 is 2.59 bits per heavy atom. The summed E-state index contributed by atoms with van der Waals surface area (Å²) in [5, 5.41) is 11.3. The lowest BCUT2D eigenvalue weighted by molar-refractivity contribution is -0.136. The van der Waals surface area contributed by atoms with Gasteiger partial charge in [-0.2, -0.15) is 0 Å². The van der Waals surface area contributed by atoms with E-state index in [1.165, 1.54) is 11.8 Å². The largest absolute Gasteiger partial charge is 0.480 e. The summed E-state index contributed by atoms with van der Waals surface area (Å²) in [7, 11) is 0. The van der Waals surface area contributed by atoms with Crippen molar-refractivity contribution in [1.82, 2.24) is 5.32 Å². The second kappa shape index (κ2) is 5.23. The Balaban J connectivity index is 1.91. The van der Waals surface area contributed by atoms with Gasteiger partial charge in [0.15, 0.2) is 0 Å². The van der Waals surface area contributed by atoms with Crippen LogP contribution in [-0.2, 0) is 4.79 Å². The summed E-state index contributed by atoms with van der Waals surface area (Å²) in [6.45, 7) is 0. The van der Waals surface area contributed by atoms with E-state index in [0.717, 1.165) is 0 Å².